The zero-order valence-electron chi connectivity index (χ0n) is 9.89. The van der Waals surface area contributed by atoms with Gasteiger partial charge in [-0.3, -0.25) is 0 Å². The van der Waals surface area contributed by atoms with E-state index >= 15 is 0 Å². The Labute approximate surface area is 101 Å². The highest BCUT2D eigenvalue weighted by atomic mass is 16.5. The summed E-state index contributed by atoms with van der Waals surface area (Å²) in [7, 11) is 1.81. The Balaban J connectivity index is 2.13. The zero-order chi connectivity index (χ0) is 12.1. The Morgan fingerprint density at radius 1 is 1.18 bits per heavy atom. The van der Waals surface area contributed by atoms with Crippen LogP contribution in [0.1, 0.15) is 0 Å². The van der Waals surface area contributed by atoms with Crippen molar-refractivity contribution >= 4 is 10.8 Å². The van der Waals surface area contributed by atoms with Crippen LogP contribution < -0.4 is 10.1 Å². The molecule has 0 aliphatic heterocycles. The van der Waals surface area contributed by atoms with Gasteiger partial charge in [-0.2, -0.15) is 0 Å². The van der Waals surface area contributed by atoms with Crippen molar-refractivity contribution in [3.8, 4) is 5.75 Å². The molecule has 0 fully saturated rings. The van der Waals surface area contributed by atoms with Gasteiger partial charge in [0.1, 0.15) is 18.5 Å². The van der Waals surface area contributed by atoms with Crippen molar-refractivity contribution in [1.82, 2.24) is 5.32 Å². The molecule has 0 spiro atoms. The van der Waals surface area contributed by atoms with E-state index in [0.29, 0.717) is 13.2 Å². The third-order valence-corrected chi connectivity index (χ3v) is 2.62. The van der Waals surface area contributed by atoms with E-state index in [-0.39, 0.29) is 0 Å². The molecule has 2 aromatic rings. The second-order valence-corrected chi connectivity index (χ2v) is 4.00. The summed E-state index contributed by atoms with van der Waals surface area (Å²) in [5, 5.41) is 14.7. The zero-order valence-corrected chi connectivity index (χ0v) is 9.89. The Bertz CT molecular complexity index is 479. The Kier molecular flexibility index (Phi) is 3.96. The Hall–Kier alpha value is -1.58. The van der Waals surface area contributed by atoms with E-state index < -0.39 is 6.10 Å². The quantitative estimate of drug-likeness (QED) is 0.824. The predicted molar refractivity (Wildman–Crippen MR) is 69.4 cm³/mol. The Morgan fingerprint density at radius 3 is 2.76 bits per heavy atom. The smallest absolute Gasteiger partial charge is 0.127 e. The number of rotatable bonds is 5. The molecule has 1 atom stereocenters. The van der Waals surface area contributed by atoms with Crippen LogP contribution in [0.4, 0.5) is 0 Å². The largest absolute Gasteiger partial charge is 0.490 e. The number of nitrogens with one attached hydrogen (secondary N) is 1. The fourth-order valence-corrected chi connectivity index (χ4v) is 1.80. The minimum atomic E-state index is -0.487. The monoisotopic (exact) mass is 231 g/mol. The van der Waals surface area contributed by atoms with Crippen LogP contribution in [-0.2, 0) is 0 Å². The fraction of sp³-hybridized carbons (Fsp3) is 0.286. The fourth-order valence-electron chi connectivity index (χ4n) is 1.80. The maximum Gasteiger partial charge on any atom is 0.127 e. The van der Waals surface area contributed by atoms with E-state index in [4.69, 9.17) is 4.74 Å². The van der Waals surface area contributed by atoms with Gasteiger partial charge >= 0.3 is 0 Å². The van der Waals surface area contributed by atoms with E-state index in [1.54, 1.807) is 7.05 Å². The van der Waals surface area contributed by atoms with Crippen LogP contribution in [0.3, 0.4) is 0 Å². The van der Waals surface area contributed by atoms with Gasteiger partial charge in [0.25, 0.3) is 0 Å². The van der Waals surface area contributed by atoms with Crippen LogP contribution >= 0.6 is 0 Å². The van der Waals surface area contributed by atoms with Crippen molar-refractivity contribution in [3.63, 3.8) is 0 Å². The first-order chi connectivity index (χ1) is 8.31. The van der Waals surface area contributed by atoms with Crippen molar-refractivity contribution in [3.05, 3.63) is 42.5 Å². The summed E-state index contributed by atoms with van der Waals surface area (Å²) in [6.07, 6.45) is -0.487. The second kappa shape index (κ2) is 5.66. The van der Waals surface area contributed by atoms with E-state index in [1.165, 1.54) is 0 Å². The minimum Gasteiger partial charge on any atom is -0.490 e. The molecule has 0 amide bonds. The summed E-state index contributed by atoms with van der Waals surface area (Å²) in [6, 6.07) is 14.0. The molecule has 2 N–H and O–H groups in total. The van der Waals surface area contributed by atoms with Gasteiger partial charge in [-0.1, -0.05) is 36.4 Å². The molecule has 0 aromatic heterocycles. The van der Waals surface area contributed by atoms with Crippen LogP contribution in [0, 0.1) is 0 Å². The number of fused-ring (bicyclic) bond motifs is 1. The minimum absolute atomic E-state index is 0.300. The molecule has 0 saturated carbocycles. The van der Waals surface area contributed by atoms with Crippen molar-refractivity contribution in [2.24, 2.45) is 0 Å². The number of aliphatic hydroxyl groups excluding tert-OH is 1. The lowest BCUT2D eigenvalue weighted by molar-refractivity contribution is 0.109. The van der Waals surface area contributed by atoms with Crippen molar-refractivity contribution in [2.75, 3.05) is 20.2 Å². The molecule has 17 heavy (non-hydrogen) atoms. The predicted octanol–water partition coefficient (Wildman–Crippen LogP) is 1.80. The van der Waals surface area contributed by atoms with Crippen molar-refractivity contribution in [2.45, 2.75) is 6.10 Å². The number of hydrogen-bond donors (Lipinski definition) is 2. The van der Waals surface area contributed by atoms with Gasteiger partial charge in [0, 0.05) is 11.9 Å². The molecular formula is C14H17NO2. The molecule has 90 valence electrons. The molecule has 0 aliphatic rings. The van der Waals surface area contributed by atoms with Gasteiger partial charge in [-0.15, -0.1) is 0 Å². The number of ether oxygens (including phenoxy) is 1. The highest BCUT2D eigenvalue weighted by Crippen LogP contribution is 2.25. The standard InChI is InChI=1S/C14H17NO2/c1-15-9-12(16)10-17-14-8-4-6-11-5-2-3-7-13(11)14/h2-8,12,15-16H,9-10H2,1H3/t12-/m0/s1. The second-order valence-electron chi connectivity index (χ2n) is 4.00. The van der Waals surface area contributed by atoms with Gasteiger partial charge in [0.05, 0.1) is 0 Å². The average Bonchev–Trinajstić information content (AvgIpc) is 2.36. The molecule has 0 saturated heterocycles. The molecule has 0 aliphatic carbocycles. The van der Waals surface area contributed by atoms with Crippen molar-refractivity contribution < 1.29 is 9.84 Å². The Morgan fingerprint density at radius 2 is 1.94 bits per heavy atom. The number of hydrogen-bond acceptors (Lipinski definition) is 3. The third-order valence-electron chi connectivity index (χ3n) is 2.62. The van der Waals surface area contributed by atoms with E-state index in [2.05, 4.69) is 5.32 Å². The number of likely N-dealkylation sites (N-methyl/N-ethyl adjacent to an activating group) is 1. The highest BCUT2D eigenvalue weighted by Gasteiger charge is 2.05. The summed E-state index contributed by atoms with van der Waals surface area (Å²) < 4.78 is 5.64. The first kappa shape index (κ1) is 11.9. The van der Waals surface area contributed by atoms with Crippen LogP contribution in [0.15, 0.2) is 42.5 Å². The maximum atomic E-state index is 9.60. The molecule has 0 bridgehead atoms. The summed E-state index contributed by atoms with van der Waals surface area (Å²) >= 11 is 0. The normalized spacial score (nSPS) is 12.6. The lowest BCUT2D eigenvalue weighted by atomic mass is 10.1. The SMILES string of the molecule is CNC[C@H](O)COc1cccc2ccccc12. The van der Waals surface area contributed by atoms with Crippen LogP contribution in [0.2, 0.25) is 0 Å². The highest BCUT2D eigenvalue weighted by molar-refractivity contribution is 5.88. The van der Waals surface area contributed by atoms with E-state index in [0.717, 1.165) is 16.5 Å². The third kappa shape index (κ3) is 2.96. The number of benzene rings is 2. The van der Waals surface area contributed by atoms with Crippen LogP contribution in [-0.4, -0.2) is 31.4 Å². The molecular weight excluding hydrogens is 214 g/mol. The van der Waals surface area contributed by atoms with E-state index in [1.807, 2.05) is 42.5 Å². The molecule has 2 rings (SSSR count). The van der Waals surface area contributed by atoms with Gasteiger partial charge < -0.3 is 15.2 Å². The van der Waals surface area contributed by atoms with E-state index in [9.17, 15) is 5.11 Å². The van der Waals surface area contributed by atoms with Crippen LogP contribution in [0.5, 0.6) is 5.75 Å². The molecule has 0 radical (unpaired) electrons. The van der Waals surface area contributed by atoms with Gasteiger partial charge in [-0.05, 0) is 18.5 Å². The summed E-state index contributed by atoms with van der Waals surface area (Å²) in [5.74, 6) is 0.818. The number of aliphatic hydroxyl groups is 1. The molecule has 0 unspecified atom stereocenters. The first-order valence-electron chi connectivity index (χ1n) is 5.74. The molecule has 0 heterocycles. The summed E-state index contributed by atoms with van der Waals surface area (Å²) in [5.41, 5.74) is 0. The molecule has 3 heteroatoms. The topological polar surface area (TPSA) is 41.5 Å². The van der Waals surface area contributed by atoms with Gasteiger partial charge in [0.2, 0.25) is 0 Å². The molecule has 3 nitrogen and oxygen atoms in total. The summed E-state index contributed by atoms with van der Waals surface area (Å²) in [6.45, 7) is 0.833. The lowest BCUT2D eigenvalue weighted by Gasteiger charge is -2.13. The average molecular weight is 231 g/mol. The summed E-state index contributed by atoms with van der Waals surface area (Å²) in [4.78, 5) is 0. The first-order valence-corrected chi connectivity index (χ1v) is 5.74. The maximum absolute atomic E-state index is 9.60. The van der Waals surface area contributed by atoms with Crippen LogP contribution in [0.25, 0.3) is 10.8 Å². The molecule has 2 aromatic carbocycles. The van der Waals surface area contributed by atoms with Gasteiger partial charge in [0.15, 0.2) is 0 Å². The van der Waals surface area contributed by atoms with Gasteiger partial charge in [-0.25, -0.2) is 0 Å². The van der Waals surface area contributed by atoms with Crippen molar-refractivity contribution in [1.29, 1.82) is 0 Å². The lowest BCUT2D eigenvalue weighted by Crippen LogP contribution is -2.29.